The Balaban J connectivity index is 2.37. The molecule has 0 bridgehead atoms. The molecule has 1 unspecified atom stereocenters. The van der Waals surface area contributed by atoms with Gasteiger partial charge in [0.15, 0.2) is 0 Å². The summed E-state index contributed by atoms with van der Waals surface area (Å²) >= 11 is 0. The van der Waals surface area contributed by atoms with Crippen molar-refractivity contribution in [3.63, 3.8) is 0 Å². The van der Waals surface area contributed by atoms with Gasteiger partial charge in [-0.05, 0) is 25.0 Å². The first-order valence-electron chi connectivity index (χ1n) is 5.28. The average Bonchev–Trinajstić information content (AvgIpc) is 2.21. The summed E-state index contributed by atoms with van der Waals surface area (Å²) in [5, 5.41) is 11.5. The fourth-order valence-corrected chi connectivity index (χ4v) is 1.49. The van der Waals surface area contributed by atoms with Crippen molar-refractivity contribution < 1.29 is 14.3 Å². The first kappa shape index (κ1) is 12.6. The van der Waals surface area contributed by atoms with Gasteiger partial charge in [-0.3, -0.25) is 4.79 Å². The Labute approximate surface area is 94.3 Å². The van der Waals surface area contributed by atoms with Gasteiger partial charge in [-0.1, -0.05) is 18.2 Å². The lowest BCUT2D eigenvalue weighted by Gasteiger charge is -2.13. The van der Waals surface area contributed by atoms with Crippen molar-refractivity contribution in [2.45, 2.75) is 25.8 Å². The molecule has 0 heterocycles. The first-order chi connectivity index (χ1) is 7.59. The number of nitrogens with one attached hydrogen (secondary N) is 1. The summed E-state index contributed by atoms with van der Waals surface area (Å²) in [5.74, 6) is -1.04. The average molecular weight is 225 g/mol. The third-order valence-electron chi connectivity index (χ3n) is 2.32. The number of rotatable bonds is 6. The second-order valence-electron chi connectivity index (χ2n) is 3.79. The van der Waals surface area contributed by atoms with Crippen molar-refractivity contribution in [3.8, 4) is 0 Å². The summed E-state index contributed by atoms with van der Waals surface area (Å²) in [4.78, 5) is 10.3. The van der Waals surface area contributed by atoms with E-state index in [1.54, 1.807) is 18.2 Å². The predicted molar refractivity (Wildman–Crippen MR) is 59.8 cm³/mol. The molecule has 0 aliphatic rings. The van der Waals surface area contributed by atoms with Crippen molar-refractivity contribution in [2.75, 3.05) is 6.54 Å². The fraction of sp³-hybridized carbons (Fsp3) is 0.417. The number of benzene rings is 1. The SMILES string of the molecule is CC(Cc1ccccc1F)NCCC(=O)O. The summed E-state index contributed by atoms with van der Waals surface area (Å²) in [5.41, 5.74) is 0.651. The fourth-order valence-electron chi connectivity index (χ4n) is 1.49. The smallest absolute Gasteiger partial charge is 0.304 e. The molecule has 0 saturated carbocycles. The molecule has 0 spiro atoms. The van der Waals surface area contributed by atoms with Gasteiger partial charge in [-0.15, -0.1) is 0 Å². The molecule has 1 aromatic rings. The molecule has 4 heteroatoms. The molecule has 0 amide bonds. The molecule has 1 rings (SSSR count). The number of hydrogen-bond acceptors (Lipinski definition) is 2. The minimum absolute atomic E-state index is 0.0660. The van der Waals surface area contributed by atoms with Crippen LogP contribution in [-0.2, 0) is 11.2 Å². The molecule has 1 atom stereocenters. The van der Waals surface area contributed by atoms with Gasteiger partial charge in [-0.2, -0.15) is 0 Å². The van der Waals surface area contributed by atoms with Crippen molar-refractivity contribution in [1.82, 2.24) is 5.32 Å². The van der Waals surface area contributed by atoms with E-state index in [1.807, 2.05) is 6.92 Å². The maximum atomic E-state index is 13.3. The van der Waals surface area contributed by atoms with E-state index in [-0.39, 0.29) is 18.3 Å². The number of carboxylic acids is 1. The van der Waals surface area contributed by atoms with Crippen molar-refractivity contribution in [3.05, 3.63) is 35.6 Å². The lowest BCUT2D eigenvalue weighted by atomic mass is 10.1. The summed E-state index contributed by atoms with van der Waals surface area (Å²) in [7, 11) is 0. The van der Waals surface area contributed by atoms with Crippen LogP contribution in [0.15, 0.2) is 24.3 Å². The van der Waals surface area contributed by atoms with E-state index in [2.05, 4.69) is 5.32 Å². The standard InChI is InChI=1S/C12H16FNO2/c1-9(14-7-6-12(15)16)8-10-4-2-3-5-11(10)13/h2-5,9,14H,6-8H2,1H3,(H,15,16). The maximum absolute atomic E-state index is 13.3. The van der Waals surface area contributed by atoms with Gasteiger partial charge in [0.2, 0.25) is 0 Å². The molecular formula is C12H16FNO2. The Morgan fingerprint density at radius 3 is 2.81 bits per heavy atom. The predicted octanol–water partition coefficient (Wildman–Crippen LogP) is 1.82. The maximum Gasteiger partial charge on any atom is 0.304 e. The van der Waals surface area contributed by atoms with Crippen LogP contribution in [0.25, 0.3) is 0 Å². The quantitative estimate of drug-likeness (QED) is 0.776. The highest BCUT2D eigenvalue weighted by Crippen LogP contribution is 2.08. The van der Waals surface area contributed by atoms with Gasteiger partial charge in [0.25, 0.3) is 0 Å². The van der Waals surface area contributed by atoms with Crippen LogP contribution in [0.5, 0.6) is 0 Å². The van der Waals surface area contributed by atoms with Crippen molar-refractivity contribution >= 4 is 5.97 Å². The topological polar surface area (TPSA) is 49.3 Å². The number of hydrogen-bond donors (Lipinski definition) is 2. The Kier molecular flexibility index (Phi) is 4.92. The van der Waals surface area contributed by atoms with E-state index >= 15 is 0 Å². The third kappa shape index (κ3) is 4.40. The normalized spacial score (nSPS) is 12.4. The lowest BCUT2D eigenvalue weighted by Crippen LogP contribution is -2.30. The van der Waals surface area contributed by atoms with Crippen LogP contribution in [0, 0.1) is 5.82 Å². The molecule has 3 nitrogen and oxygen atoms in total. The molecule has 0 aliphatic heterocycles. The van der Waals surface area contributed by atoms with Gasteiger partial charge in [0, 0.05) is 12.6 Å². The Hall–Kier alpha value is -1.42. The summed E-state index contributed by atoms with van der Waals surface area (Å²) in [6, 6.07) is 6.68. The zero-order valence-corrected chi connectivity index (χ0v) is 9.24. The monoisotopic (exact) mass is 225 g/mol. The molecule has 0 aromatic heterocycles. The molecule has 0 fully saturated rings. The van der Waals surface area contributed by atoms with Gasteiger partial charge in [0.05, 0.1) is 6.42 Å². The molecule has 0 aliphatic carbocycles. The number of carboxylic acid groups (broad SMARTS) is 1. The van der Waals surface area contributed by atoms with Crippen LogP contribution < -0.4 is 5.32 Å². The van der Waals surface area contributed by atoms with Gasteiger partial charge >= 0.3 is 5.97 Å². The number of halogens is 1. The Morgan fingerprint density at radius 1 is 1.50 bits per heavy atom. The van der Waals surface area contributed by atoms with Gasteiger partial charge < -0.3 is 10.4 Å². The molecule has 1 aromatic carbocycles. The van der Waals surface area contributed by atoms with E-state index in [9.17, 15) is 9.18 Å². The highest BCUT2D eigenvalue weighted by Gasteiger charge is 2.07. The van der Waals surface area contributed by atoms with Crippen LogP contribution in [0.4, 0.5) is 4.39 Å². The van der Waals surface area contributed by atoms with Crippen LogP contribution in [0.3, 0.4) is 0 Å². The Bertz CT molecular complexity index is 355. The number of aliphatic carboxylic acids is 1. The van der Waals surface area contributed by atoms with Gasteiger partial charge in [0.1, 0.15) is 5.82 Å². The largest absolute Gasteiger partial charge is 0.481 e. The molecule has 0 radical (unpaired) electrons. The van der Waals surface area contributed by atoms with E-state index < -0.39 is 5.97 Å². The molecular weight excluding hydrogens is 209 g/mol. The van der Waals surface area contributed by atoms with Crippen molar-refractivity contribution in [1.29, 1.82) is 0 Å². The molecule has 16 heavy (non-hydrogen) atoms. The highest BCUT2D eigenvalue weighted by atomic mass is 19.1. The minimum Gasteiger partial charge on any atom is -0.481 e. The van der Waals surface area contributed by atoms with E-state index in [0.29, 0.717) is 18.5 Å². The van der Waals surface area contributed by atoms with E-state index in [4.69, 9.17) is 5.11 Å². The summed E-state index contributed by atoms with van der Waals surface area (Å²) in [6.45, 7) is 2.32. The first-order valence-corrected chi connectivity index (χ1v) is 5.28. The van der Waals surface area contributed by atoms with Crippen molar-refractivity contribution in [2.24, 2.45) is 0 Å². The Morgan fingerprint density at radius 2 is 2.19 bits per heavy atom. The highest BCUT2D eigenvalue weighted by molar-refractivity contribution is 5.66. The minimum atomic E-state index is -0.828. The zero-order chi connectivity index (χ0) is 12.0. The van der Waals surface area contributed by atoms with Gasteiger partial charge in [-0.25, -0.2) is 4.39 Å². The molecule has 0 saturated heterocycles. The zero-order valence-electron chi connectivity index (χ0n) is 9.24. The molecule has 88 valence electrons. The van der Waals surface area contributed by atoms with E-state index in [0.717, 1.165) is 0 Å². The van der Waals surface area contributed by atoms with Crippen LogP contribution in [0.2, 0.25) is 0 Å². The summed E-state index contributed by atoms with van der Waals surface area (Å²) in [6.07, 6.45) is 0.647. The summed E-state index contributed by atoms with van der Waals surface area (Å²) < 4.78 is 13.3. The van der Waals surface area contributed by atoms with Crippen LogP contribution >= 0.6 is 0 Å². The second kappa shape index (κ2) is 6.23. The van der Waals surface area contributed by atoms with Crippen LogP contribution in [-0.4, -0.2) is 23.7 Å². The third-order valence-corrected chi connectivity index (χ3v) is 2.32. The van der Waals surface area contributed by atoms with E-state index in [1.165, 1.54) is 6.07 Å². The number of carbonyl (C=O) groups is 1. The second-order valence-corrected chi connectivity index (χ2v) is 3.79. The molecule has 2 N–H and O–H groups in total. The lowest BCUT2D eigenvalue weighted by molar-refractivity contribution is -0.136. The van der Waals surface area contributed by atoms with Crippen LogP contribution in [0.1, 0.15) is 18.9 Å².